The molecule has 0 bridgehead atoms. The highest BCUT2D eigenvalue weighted by Gasteiger charge is 2.24. The summed E-state index contributed by atoms with van der Waals surface area (Å²) in [6.45, 7) is 3.78. The van der Waals surface area contributed by atoms with Crippen LogP contribution in [0.5, 0.6) is 0 Å². The van der Waals surface area contributed by atoms with Crippen LogP contribution in [0.4, 0.5) is 0 Å². The van der Waals surface area contributed by atoms with E-state index in [0.29, 0.717) is 12.0 Å². The Hall–Kier alpha value is -0.0800. The highest BCUT2D eigenvalue weighted by Crippen LogP contribution is 2.29. The van der Waals surface area contributed by atoms with Crippen LogP contribution < -0.4 is 5.73 Å². The molecule has 2 heteroatoms. The maximum Gasteiger partial charge on any atom is 0.0594 e. The van der Waals surface area contributed by atoms with Gasteiger partial charge in [-0.15, -0.1) is 0 Å². The molecule has 0 saturated heterocycles. The largest absolute Gasteiger partial charge is 0.390 e. The van der Waals surface area contributed by atoms with E-state index < -0.39 is 5.60 Å². The van der Waals surface area contributed by atoms with Crippen LogP contribution in [-0.4, -0.2) is 16.7 Å². The van der Waals surface area contributed by atoms with Crippen LogP contribution in [-0.2, 0) is 0 Å². The van der Waals surface area contributed by atoms with Gasteiger partial charge in [0.1, 0.15) is 0 Å². The quantitative estimate of drug-likeness (QED) is 0.664. The summed E-state index contributed by atoms with van der Waals surface area (Å²) in [5.41, 5.74) is 5.30. The maximum absolute atomic E-state index is 9.60. The van der Waals surface area contributed by atoms with Gasteiger partial charge in [0.25, 0.3) is 0 Å². The molecule has 0 aromatic carbocycles. The first kappa shape index (κ1) is 10.0. The average molecular weight is 171 g/mol. The summed E-state index contributed by atoms with van der Waals surface area (Å²) >= 11 is 0. The van der Waals surface area contributed by atoms with Crippen molar-refractivity contribution in [2.45, 2.75) is 57.6 Å². The monoisotopic (exact) mass is 171 g/mol. The molecule has 0 spiro atoms. The molecule has 0 atom stereocenters. The van der Waals surface area contributed by atoms with Gasteiger partial charge in [-0.2, -0.15) is 0 Å². The molecule has 0 aromatic heterocycles. The number of rotatable bonds is 2. The summed E-state index contributed by atoms with van der Waals surface area (Å²) in [4.78, 5) is 0. The van der Waals surface area contributed by atoms with Gasteiger partial charge in [0.2, 0.25) is 0 Å². The van der Waals surface area contributed by atoms with E-state index in [1.165, 1.54) is 12.8 Å². The van der Waals surface area contributed by atoms with E-state index in [-0.39, 0.29) is 0 Å². The average Bonchev–Trinajstić information content (AvgIpc) is 1.91. The van der Waals surface area contributed by atoms with E-state index in [1.54, 1.807) is 0 Å². The van der Waals surface area contributed by atoms with Crippen molar-refractivity contribution < 1.29 is 5.11 Å². The normalized spacial score (nSPS) is 32.0. The molecular formula is C10H21NO. The van der Waals surface area contributed by atoms with E-state index in [1.807, 2.05) is 13.8 Å². The Kier molecular flexibility index (Phi) is 3.13. The molecule has 72 valence electrons. The summed E-state index contributed by atoms with van der Waals surface area (Å²) < 4.78 is 0. The fourth-order valence-corrected chi connectivity index (χ4v) is 2.10. The summed E-state index contributed by atoms with van der Waals surface area (Å²) in [5, 5.41) is 9.60. The van der Waals surface area contributed by atoms with Crippen molar-refractivity contribution in [1.82, 2.24) is 0 Å². The van der Waals surface area contributed by atoms with Crippen molar-refractivity contribution in [2.24, 2.45) is 11.7 Å². The smallest absolute Gasteiger partial charge is 0.0594 e. The number of aliphatic hydroxyl groups is 1. The summed E-state index contributed by atoms with van der Waals surface area (Å²) in [6, 6.07) is 0.419. The van der Waals surface area contributed by atoms with E-state index in [4.69, 9.17) is 5.73 Å². The Morgan fingerprint density at radius 2 is 1.75 bits per heavy atom. The fraction of sp³-hybridized carbons (Fsp3) is 1.00. The third-order valence-electron chi connectivity index (χ3n) is 2.68. The Bertz CT molecular complexity index is 131. The molecule has 1 aliphatic carbocycles. The molecule has 2 nitrogen and oxygen atoms in total. The second-order valence-corrected chi connectivity index (χ2v) is 4.80. The Morgan fingerprint density at radius 3 is 2.17 bits per heavy atom. The zero-order chi connectivity index (χ0) is 9.19. The highest BCUT2D eigenvalue weighted by molar-refractivity contribution is 4.79. The van der Waals surface area contributed by atoms with Gasteiger partial charge in [-0.05, 0) is 51.9 Å². The molecule has 1 rings (SSSR count). The predicted molar refractivity (Wildman–Crippen MR) is 50.8 cm³/mol. The van der Waals surface area contributed by atoms with Gasteiger partial charge in [0.05, 0.1) is 5.60 Å². The predicted octanol–water partition coefficient (Wildman–Crippen LogP) is 1.66. The lowest BCUT2D eigenvalue weighted by Gasteiger charge is -2.30. The molecule has 0 radical (unpaired) electrons. The third kappa shape index (κ3) is 3.55. The van der Waals surface area contributed by atoms with Gasteiger partial charge in [-0.1, -0.05) is 0 Å². The minimum atomic E-state index is -0.494. The van der Waals surface area contributed by atoms with Gasteiger partial charge in [-0.25, -0.2) is 0 Å². The Labute approximate surface area is 75.2 Å². The van der Waals surface area contributed by atoms with E-state index in [9.17, 15) is 5.11 Å². The number of hydrogen-bond donors (Lipinski definition) is 2. The van der Waals surface area contributed by atoms with Crippen molar-refractivity contribution >= 4 is 0 Å². The molecule has 0 heterocycles. The molecular weight excluding hydrogens is 150 g/mol. The van der Waals surface area contributed by atoms with E-state index in [0.717, 1.165) is 19.3 Å². The van der Waals surface area contributed by atoms with Gasteiger partial charge >= 0.3 is 0 Å². The first-order chi connectivity index (χ1) is 5.47. The standard InChI is InChI=1S/C10H21NO/c1-10(2,12)7-8-3-5-9(11)6-4-8/h8-9,12H,3-7,11H2,1-2H3. The van der Waals surface area contributed by atoms with Crippen molar-refractivity contribution in [1.29, 1.82) is 0 Å². The lowest BCUT2D eigenvalue weighted by atomic mass is 9.80. The molecule has 1 aliphatic rings. The van der Waals surface area contributed by atoms with Gasteiger partial charge in [0, 0.05) is 6.04 Å². The third-order valence-corrected chi connectivity index (χ3v) is 2.68. The Balaban J connectivity index is 2.26. The topological polar surface area (TPSA) is 46.2 Å². The van der Waals surface area contributed by atoms with Crippen LogP contribution in [0.2, 0.25) is 0 Å². The second-order valence-electron chi connectivity index (χ2n) is 4.80. The molecule has 0 unspecified atom stereocenters. The van der Waals surface area contributed by atoms with Gasteiger partial charge < -0.3 is 10.8 Å². The van der Waals surface area contributed by atoms with Crippen molar-refractivity contribution in [3.63, 3.8) is 0 Å². The van der Waals surface area contributed by atoms with Crippen LogP contribution in [0.1, 0.15) is 46.0 Å². The summed E-state index contributed by atoms with van der Waals surface area (Å²) in [7, 11) is 0. The lowest BCUT2D eigenvalue weighted by molar-refractivity contribution is 0.0447. The SMILES string of the molecule is CC(C)(O)CC1CCC(N)CC1. The summed E-state index contributed by atoms with van der Waals surface area (Å²) in [5.74, 6) is 0.699. The maximum atomic E-state index is 9.60. The van der Waals surface area contributed by atoms with Crippen LogP contribution in [0.3, 0.4) is 0 Å². The van der Waals surface area contributed by atoms with E-state index >= 15 is 0 Å². The van der Waals surface area contributed by atoms with Crippen LogP contribution in [0.15, 0.2) is 0 Å². The highest BCUT2D eigenvalue weighted by atomic mass is 16.3. The first-order valence-corrected chi connectivity index (χ1v) is 4.95. The molecule has 3 N–H and O–H groups in total. The van der Waals surface area contributed by atoms with Gasteiger partial charge in [-0.3, -0.25) is 0 Å². The van der Waals surface area contributed by atoms with Crippen LogP contribution in [0, 0.1) is 5.92 Å². The fourth-order valence-electron chi connectivity index (χ4n) is 2.10. The van der Waals surface area contributed by atoms with Gasteiger partial charge in [0.15, 0.2) is 0 Å². The minimum absolute atomic E-state index is 0.419. The molecule has 1 fully saturated rings. The van der Waals surface area contributed by atoms with Crippen LogP contribution >= 0.6 is 0 Å². The molecule has 12 heavy (non-hydrogen) atoms. The molecule has 0 aliphatic heterocycles. The Morgan fingerprint density at radius 1 is 1.25 bits per heavy atom. The van der Waals surface area contributed by atoms with Crippen LogP contribution in [0.25, 0.3) is 0 Å². The van der Waals surface area contributed by atoms with E-state index in [2.05, 4.69) is 0 Å². The number of nitrogens with two attached hydrogens (primary N) is 1. The van der Waals surface area contributed by atoms with Crippen molar-refractivity contribution in [3.05, 3.63) is 0 Å². The second kappa shape index (κ2) is 3.75. The lowest BCUT2D eigenvalue weighted by Crippen LogP contribution is -2.30. The molecule has 0 amide bonds. The molecule has 0 aromatic rings. The summed E-state index contributed by atoms with van der Waals surface area (Å²) in [6.07, 6.45) is 5.61. The number of hydrogen-bond acceptors (Lipinski definition) is 2. The van der Waals surface area contributed by atoms with Crippen molar-refractivity contribution in [3.8, 4) is 0 Å². The minimum Gasteiger partial charge on any atom is -0.390 e. The van der Waals surface area contributed by atoms with Crippen molar-refractivity contribution in [2.75, 3.05) is 0 Å². The molecule has 1 saturated carbocycles. The zero-order valence-electron chi connectivity index (χ0n) is 8.21. The first-order valence-electron chi connectivity index (χ1n) is 4.95. The zero-order valence-corrected chi connectivity index (χ0v) is 8.21.